The number of carbonyl (C=O) groups is 1. The zero-order valence-corrected chi connectivity index (χ0v) is 15.8. The molecule has 1 aliphatic rings. The highest BCUT2D eigenvalue weighted by Gasteiger charge is 2.33. The van der Waals surface area contributed by atoms with Crippen molar-refractivity contribution < 1.29 is 4.79 Å². The molecule has 3 aromatic heterocycles. The van der Waals surface area contributed by atoms with E-state index in [0.29, 0.717) is 11.4 Å². The quantitative estimate of drug-likeness (QED) is 0.575. The lowest BCUT2D eigenvalue weighted by molar-refractivity contribution is 0.0699. The fourth-order valence-electron chi connectivity index (χ4n) is 3.50. The number of rotatable bonds is 3. The van der Waals surface area contributed by atoms with Crippen LogP contribution >= 0.6 is 22.7 Å². The molecule has 27 heavy (non-hydrogen) atoms. The van der Waals surface area contributed by atoms with Gasteiger partial charge in [0, 0.05) is 27.4 Å². The predicted octanol–water partition coefficient (Wildman–Crippen LogP) is 3.78. The molecule has 134 valence electrons. The molecule has 4 heterocycles. The van der Waals surface area contributed by atoms with Gasteiger partial charge in [-0.25, -0.2) is 0 Å². The molecule has 1 N–H and O–H groups in total. The second-order valence-electron chi connectivity index (χ2n) is 6.28. The molecule has 8 heteroatoms. The van der Waals surface area contributed by atoms with Crippen LogP contribution in [-0.2, 0) is 6.42 Å². The van der Waals surface area contributed by atoms with E-state index in [2.05, 4.69) is 43.5 Å². The molecule has 1 aromatic carbocycles. The van der Waals surface area contributed by atoms with E-state index in [-0.39, 0.29) is 11.9 Å². The summed E-state index contributed by atoms with van der Waals surface area (Å²) in [7, 11) is 0. The summed E-state index contributed by atoms with van der Waals surface area (Å²) in [5.74, 6) is 0.566. The highest BCUT2D eigenvalue weighted by atomic mass is 32.1. The van der Waals surface area contributed by atoms with Crippen molar-refractivity contribution in [2.24, 2.45) is 0 Å². The van der Waals surface area contributed by atoms with Crippen LogP contribution in [0.3, 0.4) is 0 Å². The molecule has 1 amide bonds. The minimum absolute atomic E-state index is 0.00983. The van der Waals surface area contributed by atoms with Crippen molar-refractivity contribution in [3.63, 3.8) is 0 Å². The molecular formula is C19H15N5OS2. The summed E-state index contributed by atoms with van der Waals surface area (Å²) in [5, 5.41) is 18.2. The number of nitrogens with zero attached hydrogens (tertiary/aromatic N) is 4. The summed E-state index contributed by atoms with van der Waals surface area (Å²) < 4.78 is 0. The summed E-state index contributed by atoms with van der Waals surface area (Å²) >= 11 is 3.48. The van der Waals surface area contributed by atoms with Gasteiger partial charge in [-0.05, 0) is 52.2 Å². The van der Waals surface area contributed by atoms with Crippen LogP contribution in [0.15, 0.2) is 53.2 Å². The Hall–Kier alpha value is -2.84. The van der Waals surface area contributed by atoms with Crippen molar-refractivity contribution in [3.05, 3.63) is 74.1 Å². The van der Waals surface area contributed by atoms with E-state index < -0.39 is 0 Å². The Morgan fingerprint density at radius 2 is 2.00 bits per heavy atom. The molecule has 1 unspecified atom stereocenters. The van der Waals surface area contributed by atoms with Crippen molar-refractivity contribution >= 4 is 28.6 Å². The third kappa shape index (κ3) is 2.87. The third-order valence-electron chi connectivity index (χ3n) is 4.77. The number of nitrogens with one attached hydrogen (secondary N) is 1. The number of fused-ring (bicyclic) bond motifs is 1. The number of tetrazole rings is 1. The molecule has 0 aliphatic carbocycles. The van der Waals surface area contributed by atoms with E-state index in [9.17, 15) is 4.79 Å². The third-order valence-corrected chi connectivity index (χ3v) is 6.70. The Labute approximate surface area is 163 Å². The Morgan fingerprint density at radius 3 is 2.74 bits per heavy atom. The maximum absolute atomic E-state index is 13.3. The van der Waals surface area contributed by atoms with Crippen molar-refractivity contribution in [3.8, 4) is 11.4 Å². The van der Waals surface area contributed by atoms with Gasteiger partial charge in [0.05, 0.1) is 6.04 Å². The number of carbonyl (C=O) groups excluding carboxylic acids is 1. The highest BCUT2D eigenvalue weighted by Crippen LogP contribution is 2.40. The monoisotopic (exact) mass is 393 g/mol. The number of hydrogen-bond donors (Lipinski definition) is 1. The predicted molar refractivity (Wildman–Crippen MR) is 105 cm³/mol. The van der Waals surface area contributed by atoms with Crippen LogP contribution in [0, 0.1) is 0 Å². The van der Waals surface area contributed by atoms with Crippen molar-refractivity contribution in [2.45, 2.75) is 12.5 Å². The van der Waals surface area contributed by atoms with E-state index >= 15 is 0 Å². The summed E-state index contributed by atoms with van der Waals surface area (Å²) in [6.07, 6.45) is 0.904. The topological polar surface area (TPSA) is 74.8 Å². The van der Waals surface area contributed by atoms with Gasteiger partial charge in [0.25, 0.3) is 5.91 Å². The molecule has 5 rings (SSSR count). The van der Waals surface area contributed by atoms with Gasteiger partial charge in [0.1, 0.15) is 0 Å². The average molecular weight is 393 g/mol. The van der Waals surface area contributed by atoms with Crippen molar-refractivity contribution in [1.29, 1.82) is 0 Å². The molecule has 1 atom stereocenters. The summed E-state index contributed by atoms with van der Waals surface area (Å²) in [5.41, 5.74) is 2.75. The second kappa shape index (κ2) is 6.71. The van der Waals surface area contributed by atoms with E-state index in [0.717, 1.165) is 18.5 Å². The van der Waals surface area contributed by atoms with E-state index in [1.807, 2.05) is 35.2 Å². The molecule has 1 aliphatic heterocycles. The van der Waals surface area contributed by atoms with Crippen LogP contribution in [0.2, 0.25) is 0 Å². The lowest BCUT2D eigenvalue weighted by atomic mass is 9.97. The van der Waals surface area contributed by atoms with Crippen LogP contribution in [0.1, 0.15) is 31.7 Å². The Morgan fingerprint density at radius 1 is 1.11 bits per heavy atom. The fraction of sp³-hybridized carbons (Fsp3) is 0.158. The van der Waals surface area contributed by atoms with Crippen molar-refractivity contribution in [1.82, 2.24) is 25.5 Å². The first-order valence-electron chi connectivity index (χ1n) is 8.56. The van der Waals surface area contributed by atoms with E-state index in [1.165, 1.54) is 15.3 Å². The number of aromatic nitrogens is 4. The van der Waals surface area contributed by atoms with Gasteiger partial charge in [0.15, 0.2) is 0 Å². The number of hydrogen-bond acceptors (Lipinski definition) is 6. The van der Waals surface area contributed by atoms with Gasteiger partial charge in [-0.15, -0.1) is 32.9 Å². The van der Waals surface area contributed by atoms with Crippen molar-refractivity contribution in [2.75, 3.05) is 6.54 Å². The normalized spacial score (nSPS) is 16.3. The van der Waals surface area contributed by atoms with Crippen LogP contribution in [-0.4, -0.2) is 38.0 Å². The zero-order valence-electron chi connectivity index (χ0n) is 14.2. The lowest BCUT2D eigenvalue weighted by Crippen LogP contribution is -2.39. The molecule has 4 aromatic rings. The maximum atomic E-state index is 13.3. The standard InChI is InChI=1S/C19H15N5OS2/c25-19(13-5-3-12(4-6-13)18-20-22-23-21-18)24-9-7-15-14(8-11-27-15)17(24)16-2-1-10-26-16/h1-6,8,10-11,17H,7,9H2,(H,20,21,22,23). The average Bonchev–Trinajstić information content (AvgIpc) is 3.49. The molecule has 6 nitrogen and oxygen atoms in total. The molecular weight excluding hydrogens is 378 g/mol. The SMILES string of the molecule is O=C(c1ccc(-c2nn[nH]n2)cc1)N1CCc2sccc2C1c1cccs1. The Kier molecular flexibility index (Phi) is 4.06. The van der Waals surface area contributed by atoms with Gasteiger partial charge < -0.3 is 4.90 Å². The number of amides is 1. The second-order valence-corrected chi connectivity index (χ2v) is 8.26. The number of aromatic amines is 1. The smallest absolute Gasteiger partial charge is 0.254 e. The first kappa shape index (κ1) is 16.3. The lowest BCUT2D eigenvalue weighted by Gasteiger charge is -2.35. The molecule has 0 saturated carbocycles. The Bertz CT molecular complexity index is 1050. The summed E-state index contributed by atoms with van der Waals surface area (Å²) in [6, 6.07) is 13.7. The zero-order chi connectivity index (χ0) is 18.2. The first-order valence-corrected chi connectivity index (χ1v) is 10.3. The summed E-state index contributed by atoms with van der Waals surface area (Å²) in [4.78, 5) is 17.9. The Balaban J connectivity index is 1.48. The number of benzene rings is 1. The molecule has 0 radical (unpaired) electrons. The molecule has 0 spiro atoms. The van der Waals surface area contributed by atoms with Gasteiger partial charge in [-0.3, -0.25) is 4.79 Å². The van der Waals surface area contributed by atoms with Crippen LogP contribution in [0.25, 0.3) is 11.4 Å². The van der Waals surface area contributed by atoms with Crippen LogP contribution in [0.4, 0.5) is 0 Å². The minimum atomic E-state index is -0.00983. The maximum Gasteiger partial charge on any atom is 0.254 e. The largest absolute Gasteiger partial charge is 0.326 e. The van der Waals surface area contributed by atoms with Crippen LogP contribution < -0.4 is 0 Å². The summed E-state index contributed by atoms with van der Waals surface area (Å²) in [6.45, 7) is 0.724. The fourth-order valence-corrected chi connectivity index (χ4v) is 5.26. The first-order chi connectivity index (χ1) is 13.3. The molecule has 0 saturated heterocycles. The number of thiophene rings is 2. The van der Waals surface area contributed by atoms with Gasteiger partial charge >= 0.3 is 0 Å². The van der Waals surface area contributed by atoms with Crippen LogP contribution in [0.5, 0.6) is 0 Å². The minimum Gasteiger partial charge on any atom is -0.326 e. The highest BCUT2D eigenvalue weighted by molar-refractivity contribution is 7.10. The van der Waals surface area contributed by atoms with Gasteiger partial charge in [-0.2, -0.15) is 5.21 Å². The molecule has 0 fully saturated rings. The van der Waals surface area contributed by atoms with Gasteiger partial charge in [0.2, 0.25) is 5.82 Å². The van der Waals surface area contributed by atoms with E-state index in [4.69, 9.17) is 0 Å². The number of H-pyrrole nitrogens is 1. The van der Waals surface area contributed by atoms with E-state index in [1.54, 1.807) is 22.7 Å². The molecule has 0 bridgehead atoms. The van der Waals surface area contributed by atoms with Gasteiger partial charge in [-0.1, -0.05) is 18.2 Å².